The van der Waals surface area contributed by atoms with E-state index in [2.05, 4.69) is 15.8 Å². The average molecular weight is 266 g/mol. The maximum absolute atomic E-state index is 11.5. The second-order valence-corrected chi connectivity index (χ2v) is 4.64. The molecule has 19 heavy (non-hydrogen) atoms. The minimum absolute atomic E-state index is 0.141. The van der Waals surface area contributed by atoms with E-state index in [-0.39, 0.29) is 11.9 Å². The molecule has 7 nitrogen and oxygen atoms in total. The van der Waals surface area contributed by atoms with Crippen LogP contribution in [0.4, 0.5) is 10.6 Å². The molecule has 0 atom stereocenters. The first-order valence-corrected chi connectivity index (χ1v) is 6.32. The Bertz CT molecular complexity index is 467. The highest BCUT2D eigenvalue weighted by atomic mass is 16.5. The molecule has 0 spiro atoms. The molecule has 2 rings (SSSR count). The van der Waals surface area contributed by atoms with Crippen LogP contribution in [0.15, 0.2) is 10.6 Å². The summed E-state index contributed by atoms with van der Waals surface area (Å²) in [6, 6.07) is 1.82. The van der Waals surface area contributed by atoms with E-state index >= 15 is 0 Å². The van der Waals surface area contributed by atoms with Gasteiger partial charge in [0.25, 0.3) is 0 Å². The molecule has 1 fully saturated rings. The van der Waals surface area contributed by atoms with E-state index < -0.39 is 0 Å². The Balaban J connectivity index is 1.80. The molecule has 1 aromatic rings. The van der Waals surface area contributed by atoms with Crippen LogP contribution in [0.25, 0.3) is 0 Å². The van der Waals surface area contributed by atoms with Crippen molar-refractivity contribution in [2.75, 3.05) is 18.0 Å². The fourth-order valence-electron chi connectivity index (χ4n) is 1.66. The Morgan fingerprint density at radius 3 is 2.79 bits per heavy atom. The fraction of sp³-hybridized carbons (Fsp3) is 0.583. The predicted octanol–water partition coefficient (Wildman–Crippen LogP) is 0.798. The molecule has 2 N–H and O–H groups in total. The van der Waals surface area contributed by atoms with Crippen LogP contribution >= 0.6 is 0 Å². The molecule has 1 aromatic heterocycles. The lowest BCUT2D eigenvalue weighted by Crippen LogP contribution is -2.42. The van der Waals surface area contributed by atoms with Crippen molar-refractivity contribution < 1.29 is 14.1 Å². The zero-order chi connectivity index (χ0) is 13.8. The van der Waals surface area contributed by atoms with Gasteiger partial charge in [0.2, 0.25) is 5.91 Å². The molecule has 1 heterocycles. The molecular formula is C12H18N4O3. The van der Waals surface area contributed by atoms with Crippen LogP contribution in [0, 0.1) is 6.92 Å². The Hall–Kier alpha value is -2.05. The van der Waals surface area contributed by atoms with Gasteiger partial charge in [-0.3, -0.25) is 9.69 Å². The summed E-state index contributed by atoms with van der Waals surface area (Å²) in [4.78, 5) is 24.4. The fourth-order valence-corrected chi connectivity index (χ4v) is 1.66. The molecule has 7 heteroatoms. The van der Waals surface area contributed by atoms with Crippen molar-refractivity contribution in [1.29, 1.82) is 0 Å². The highest BCUT2D eigenvalue weighted by molar-refractivity contribution is 5.90. The molecule has 1 saturated carbocycles. The Labute approximate surface area is 111 Å². The van der Waals surface area contributed by atoms with Gasteiger partial charge in [0.1, 0.15) is 5.76 Å². The van der Waals surface area contributed by atoms with Crippen LogP contribution in [-0.2, 0) is 4.79 Å². The number of rotatable bonds is 5. The summed E-state index contributed by atoms with van der Waals surface area (Å²) in [6.45, 7) is 3.94. The second-order valence-electron chi connectivity index (χ2n) is 4.64. The van der Waals surface area contributed by atoms with Gasteiger partial charge in [-0.15, -0.1) is 0 Å². The molecule has 0 unspecified atom stereocenters. The Morgan fingerprint density at radius 2 is 2.26 bits per heavy atom. The van der Waals surface area contributed by atoms with Crippen molar-refractivity contribution in [3.05, 3.63) is 11.8 Å². The quantitative estimate of drug-likeness (QED) is 0.825. The van der Waals surface area contributed by atoms with Gasteiger partial charge < -0.3 is 15.2 Å². The summed E-state index contributed by atoms with van der Waals surface area (Å²) in [6.07, 6.45) is 2.09. The summed E-state index contributed by atoms with van der Waals surface area (Å²) in [5, 5.41) is 9.32. The number of amides is 3. The number of nitrogens with zero attached hydrogens (tertiary/aromatic N) is 2. The number of aryl methyl sites for hydroxylation is 1. The largest absolute Gasteiger partial charge is 0.360 e. The predicted molar refractivity (Wildman–Crippen MR) is 68.8 cm³/mol. The summed E-state index contributed by atoms with van der Waals surface area (Å²) >= 11 is 0. The van der Waals surface area contributed by atoms with Crippen molar-refractivity contribution in [3.63, 3.8) is 0 Å². The maximum atomic E-state index is 11.5. The lowest BCUT2D eigenvalue weighted by atomic mass is 10.4. The molecule has 0 radical (unpaired) electrons. The molecule has 0 aliphatic heterocycles. The van der Waals surface area contributed by atoms with E-state index in [1.807, 2.05) is 0 Å². The van der Waals surface area contributed by atoms with Gasteiger partial charge in [0.05, 0.1) is 0 Å². The lowest BCUT2D eigenvalue weighted by Gasteiger charge is -2.17. The number of hydrogen-bond donors (Lipinski definition) is 2. The molecule has 1 aliphatic carbocycles. The highest BCUT2D eigenvalue weighted by Gasteiger charge is 2.23. The molecular weight excluding hydrogens is 248 g/mol. The third-order valence-corrected chi connectivity index (χ3v) is 2.81. The molecule has 0 bridgehead atoms. The standard InChI is InChI=1S/C12H18N4O3/c1-8-7-11(15-19-8)16(9(2)17)6-5-13-12(18)14-10-3-4-10/h7,10H,3-6H2,1-2H3,(H2,13,14,18). The molecule has 3 amide bonds. The number of anilines is 1. The van der Waals surface area contributed by atoms with Crippen molar-refractivity contribution in [2.24, 2.45) is 0 Å². The number of carbonyl (C=O) groups excluding carboxylic acids is 2. The summed E-state index contributed by atoms with van der Waals surface area (Å²) in [5.41, 5.74) is 0. The number of nitrogens with one attached hydrogen (secondary N) is 2. The highest BCUT2D eigenvalue weighted by Crippen LogP contribution is 2.18. The van der Waals surface area contributed by atoms with Gasteiger partial charge in [-0.05, 0) is 19.8 Å². The minimum Gasteiger partial charge on any atom is -0.360 e. The Morgan fingerprint density at radius 1 is 1.53 bits per heavy atom. The van der Waals surface area contributed by atoms with E-state index in [0.717, 1.165) is 12.8 Å². The van der Waals surface area contributed by atoms with Gasteiger partial charge >= 0.3 is 6.03 Å². The SMILES string of the molecule is CC(=O)N(CCNC(=O)NC1CC1)c1cc(C)on1. The smallest absolute Gasteiger partial charge is 0.315 e. The maximum Gasteiger partial charge on any atom is 0.315 e. The van der Waals surface area contributed by atoms with E-state index in [0.29, 0.717) is 30.7 Å². The molecule has 104 valence electrons. The lowest BCUT2D eigenvalue weighted by molar-refractivity contribution is -0.116. The molecule has 0 aromatic carbocycles. The summed E-state index contributed by atoms with van der Waals surface area (Å²) < 4.78 is 4.94. The van der Waals surface area contributed by atoms with Crippen molar-refractivity contribution in [1.82, 2.24) is 15.8 Å². The van der Waals surface area contributed by atoms with Crippen molar-refractivity contribution in [2.45, 2.75) is 32.7 Å². The van der Waals surface area contributed by atoms with Crippen LogP contribution < -0.4 is 15.5 Å². The van der Waals surface area contributed by atoms with E-state index in [1.54, 1.807) is 13.0 Å². The number of aromatic nitrogens is 1. The van der Waals surface area contributed by atoms with E-state index in [9.17, 15) is 9.59 Å². The monoisotopic (exact) mass is 266 g/mol. The van der Waals surface area contributed by atoms with Gasteiger partial charge in [-0.25, -0.2) is 4.79 Å². The number of carbonyl (C=O) groups is 2. The van der Waals surface area contributed by atoms with Gasteiger partial charge in [0, 0.05) is 32.1 Å². The third-order valence-electron chi connectivity index (χ3n) is 2.81. The van der Waals surface area contributed by atoms with Crippen molar-refractivity contribution in [3.8, 4) is 0 Å². The second kappa shape index (κ2) is 5.73. The van der Waals surface area contributed by atoms with E-state index in [4.69, 9.17) is 4.52 Å². The first-order chi connectivity index (χ1) is 9.06. The average Bonchev–Trinajstić information content (AvgIpc) is 3.04. The zero-order valence-corrected chi connectivity index (χ0v) is 11.1. The normalized spacial score (nSPS) is 14.0. The zero-order valence-electron chi connectivity index (χ0n) is 11.1. The summed E-state index contributed by atoms with van der Waals surface area (Å²) in [7, 11) is 0. The van der Waals surface area contributed by atoms with Gasteiger partial charge in [-0.1, -0.05) is 5.16 Å². The topological polar surface area (TPSA) is 87.5 Å². The third kappa shape index (κ3) is 3.97. The Kier molecular flexibility index (Phi) is 4.03. The van der Waals surface area contributed by atoms with Crippen molar-refractivity contribution >= 4 is 17.8 Å². The van der Waals surface area contributed by atoms with Crippen LogP contribution in [0.2, 0.25) is 0 Å². The van der Waals surface area contributed by atoms with Crippen LogP contribution in [0.1, 0.15) is 25.5 Å². The van der Waals surface area contributed by atoms with Crippen LogP contribution in [0.3, 0.4) is 0 Å². The van der Waals surface area contributed by atoms with Crippen LogP contribution in [-0.4, -0.2) is 36.2 Å². The molecule has 1 aliphatic rings. The van der Waals surface area contributed by atoms with Gasteiger partial charge in [0.15, 0.2) is 5.82 Å². The van der Waals surface area contributed by atoms with E-state index in [1.165, 1.54) is 11.8 Å². The first-order valence-electron chi connectivity index (χ1n) is 6.32. The number of urea groups is 1. The first kappa shape index (κ1) is 13.4. The summed E-state index contributed by atoms with van der Waals surface area (Å²) in [5.74, 6) is 0.966. The van der Waals surface area contributed by atoms with Crippen LogP contribution in [0.5, 0.6) is 0 Å². The minimum atomic E-state index is -0.192. The molecule has 0 saturated heterocycles. The van der Waals surface area contributed by atoms with Gasteiger partial charge in [-0.2, -0.15) is 0 Å². The number of hydrogen-bond acceptors (Lipinski definition) is 4.